The molecule has 0 aliphatic heterocycles. The van der Waals surface area contributed by atoms with E-state index in [1.165, 1.54) is 12.8 Å². The maximum absolute atomic E-state index is 11.9. The summed E-state index contributed by atoms with van der Waals surface area (Å²) in [6.07, 6.45) is 3.53. The molecule has 0 heterocycles. The van der Waals surface area contributed by atoms with Gasteiger partial charge in [-0.3, -0.25) is 9.69 Å². The van der Waals surface area contributed by atoms with E-state index in [2.05, 4.69) is 12.2 Å². The van der Waals surface area contributed by atoms with E-state index in [1.54, 1.807) is 0 Å². The Hall–Kier alpha value is -1.55. The van der Waals surface area contributed by atoms with Crippen molar-refractivity contribution in [1.82, 2.24) is 4.90 Å². The summed E-state index contributed by atoms with van der Waals surface area (Å²) in [5, 5.41) is 2.85. The molecule has 0 atom stereocenters. The number of carbonyl (C=O) groups excluding carboxylic acids is 1. The van der Waals surface area contributed by atoms with Crippen molar-refractivity contribution >= 4 is 17.3 Å². The van der Waals surface area contributed by atoms with Crippen LogP contribution >= 0.6 is 0 Å². The Morgan fingerprint density at radius 2 is 2.11 bits per heavy atom. The molecular weight excluding hydrogens is 238 g/mol. The van der Waals surface area contributed by atoms with Crippen LogP contribution in [0.4, 0.5) is 11.4 Å². The highest BCUT2D eigenvalue weighted by Gasteiger charge is 2.08. The van der Waals surface area contributed by atoms with Gasteiger partial charge in [0.05, 0.1) is 17.9 Å². The fraction of sp³-hybridized carbons (Fsp3) is 0.533. The molecule has 1 aromatic rings. The van der Waals surface area contributed by atoms with Gasteiger partial charge in [0.2, 0.25) is 5.91 Å². The van der Waals surface area contributed by atoms with Crippen LogP contribution in [0, 0.1) is 6.92 Å². The van der Waals surface area contributed by atoms with Crippen molar-refractivity contribution in [3.05, 3.63) is 23.8 Å². The van der Waals surface area contributed by atoms with Gasteiger partial charge < -0.3 is 11.1 Å². The molecular formula is C15H25N3O. The molecule has 19 heavy (non-hydrogen) atoms. The molecule has 1 amide bonds. The molecule has 0 spiro atoms. The summed E-state index contributed by atoms with van der Waals surface area (Å²) in [7, 11) is 1.97. The van der Waals surface area contributed by atoms with E-state index in [-0.39, 0.29) is 5.91 Å². The predicted octanol–water partition coefficient (Wildman–Crippen LogP) is 2.64. The standard InChI is InChI=1S/C15H25N3O/c1-4-5-6-9-18(3)11-15(19)17-14-8-7-12(2)10-13(14)16/h7-8,10H,4-6,9,11,16H2,1-3H3,(H,17,19). The number of likely N-dealkylation sites (N-methyl/N-ethyl adjacent to an activating group) is 1. The molecule has 0 aromatic heterocycles. The molecule has 0 unspecified atom stereocenters. The van der Waals surface area contributed by atoms with Crippen molar-refractivity contribution in [3.63, 3.8) is 0 Å². The van der Waals surface area contributed by atoms with Gasteiger partial charge in [0.1, 0.15) is 0 Å². The minimum atomic E-state index is -0.0189. The smallest absolute Gasteiger partial charge is 0.238 e. The van der Waals surface area contributed by atoms with Crippen LogP contribution in [0.15, 0.2) is 18.2 Å². The van der Waals surface area contributed by atoms with Crippen molar-refractivity contribution in [3.8, 4) is 0 Å². The van der Waals surface area contributed by atoms with Crippen LogP contribution in [0.3, 0.4) is 0 Å². The molecule has 0 saturated carbocycles. The Kier molecular flexibility index (Phi) is 6.36. The predicted molar refractivity (Wildman–Crippen MR) is 81.2 cm³/mol. The number of benzene rings is 1. The molecule has 1 rings (SSSR count). The summed E-state index contributed by atoms with van der Waals surface area (Å²) >= 11 is 0. The van der Waals surface area contributed by atoms with Crippen molar-refractivity contribution < 1.29 is 4.79 Å². The maximum atomic E-state index is 11.9. The lowest BCUT2D eigenvalue weighted by molar-refractivity contribution is -0.117. The van der Waals surface area contributed by atoms with Gasteiger partial charge in [-0.05, 0) is 44.6 Å². The third-order valence-corrected chi connectivity index (χ3v) is 3.04. The zero-order valence-corrected chi connectivity index (χ0v) is 12.2. The molecule has 4 heteroatoms. The Balaban J connectivity index is 2.42. The minimum absolute atomic E-state index is 0.0189. The van der Waals surface area contributed by atoms with Crippen LogP contribution in [0.25, 0.3) is 0 Å². The van der Waals surface area contributed by atoms with E-state index in [0.717, 1.165) is 18.5 Å². The van der Waals surface area contributed by atoms with E-state index in [9.17, 15) is 4.79 Å². The Labute approximate surface area is 116 Å². The number of carbonyl (C=O) groups is 1. The number of hydrogen-bond donors (Lipinski definition) is 2. The van der Waals surface area contributed by atoms with Crippen LogP contribution in [0.1, 0.15) is 31.7 Å². The number of nitrogens with two attached hydrogens (primary N) is 1. The molecule has 106 valence electrons. The van der Waals surface area contributed by atoms with E-state index >= 15 is 0 Å². The van der Waals surface area contributed by atoms with Crippen LogP contribution in [-0.4, -0.2) is 30.9 Å². The first-order valence-corrected chi connectivity index (χ1v) is 6.87. The van der Waals surface area contributed by atoms with Crippen molar-refractivity contribution in [1.29, 1.82) is 0 Å². The van der Waals surface area contributed by atoms with Crippen LogP contribution in [0.2, 0.25) is 0 Å². The lowest BCUT2D eigenvalue weighted by Crippen LogP contribution is -2.31. The molecule has 1 aromatic carbocycles. The normalized spacial score (nSPS) is 10.7. The minimum Gasteiger partial charge on any atom is -0.397 e. The first-order chi connectivity index (χ1) is 9.02. The lowest BCUT2D eigenvalue weighted by atomic mass is 10.2. The van der Waals surface area contributed by atoms with Gasteiger partial charge in [0.25, 0.3) is 0 Å². The van der Waals surface area contributed by atoms with E-state index < -0.39 is 0 Å². The van der Waals surface area contributed by atoms with Crippen molar-refractivity contribution in [2.24, 2.45) is 0 Å². The first-order valence-electron chi connectivity index (χ1n) is 6.87. The second-order valence-electron chi connectivity index (χ2n) is 5.08. The maximum Gasteiger partial charge on any atom is 0.238 e. The zero-order valence-electron chi connectivity index (χ0n) is 12.2. The number of nitrogens with one attached hydrogen (secondary N) is 1. The van der Waals surface area contributed by atoms with Gasteiger partial charge in [-0.2, -0.15) is 0 Å². The quantitative estimate of drug-likeness (QED) is 0.587. The summed E-state index contributed by atoms with van der Waals surface area (Å²) in [4.78, 5) is 13.9. The zero-order chi connectivity index (χ0) is 14.3. The Morgan fingerprint density at radius 3 is 2.74 bits per heavy atom. The molecule has 0 bridgehead atoms. The van der Waals surface area contributed by atoms with Crippen LogP contribution in [-0.2, 0) is 4.79 Å². The number of anilines is 2. The topological polar surface area (TPSA) is 58.4 Å². The number of unbranched alkanes of at least 4 members (excludes halogenated alkanes) is 2. The summed E-state index contributed by atoms with van der Waals surface area (Å²) in [6, 6.07) is 5.65. The molecule has 4 nitrogen and oxygen atoms in total. The van der Waals surface area contributed by atoms with Gasteiger partial charge in [-0.25, -0.2) is 0 Å². The Morgan fingerprint density at radius 1 is 1.37 bits per heavy atom. The third-order valence-electron chi connectivity index (χ3n) is 3.04. The summed E-state index contributed by atoms with van der Waals surface area (Å²) in [5.74, 6) is -0.0189. The van der Waals surface area contributed by atoms with Crippen LogP contribution in [0.5, 0.6) is 0 Å². The van der Waals surface area contributed by atoms with Gasteiger partial charge in [-0.1, -0.05) is 25.8 Å². The Bertz CT molecular complexity index is 418. The van der Waals surface area contributed by atoms with Gasteiger partial charge in [0.15, 0.2) is 0 Å². The number of aryl methyl sites for hydroxylation is 1. The fourth-order valence-corrected chi connectivity index (χ4v) is 1.94. The molecule has 0 radical (unpaired) electrons. The molecule has 0 fully saturated rings. The van der Waals surface area contributed by atoms with Crippen molar-refractivity contribution in [2.75, 3.05) is 31.2 Å². The summed E-state index contributed by atoms with van der Waals surface area (Å²) in [5.41, 5.74) is 8.27. The highest BCUT2D eigenvalue weighted by Crippen LogP contribution is 2.19. The average molecular weight is 263 g/mol. The highest BCUT2D eigenvalue weighted by molar-refractivity contribution is 5.95. The van der Waals surface area contributed by atoms with E-state index in [0.29, 0.717) is 17.9 Å². The van der Waals surface area contributed by atoms with E-state index in [4.69, 9.17) is 5.73 Å². The van der Waals surface area contributed by atoms with Gasteiger partial charge in [-0.15, -0.1) is 0 Å². The number of nitrogen functional groups attached to an aromatic ring is 1. The van der Waals surface area contributed by atoms with Crippen LogP contribution < -0.4 is 11.1 Å². The van der Waals surface area contributed by atoms with Gasteiger partial charge in [0, 0.05) is 0 Å². The highest BCUT2D eigenvalue weighted by atomic mass is 16.2. The second-order valence-corrected chi connectivity index (χ2v) is 5.08. The van der Waals surface area contributed by atoms with E-state index in [1.807, 2.05) is 37.1 Å². The number of nitrogens with zero attached hydrogens (tertiary/aromatic N) is 1. The van der Waals surface area contributed by atoms with Gasteiger partial charge >= 0.3 is 0 Å². The number of rotatable bonds is 7. The monoisotopic (exact) mass is 263 g/mol. The number of amides is 1. The lowest BCUT2D eigenvalue weighted by Gasteiger charge is -2.16. The van der Waals surface area contributed by atoms with Crippen molar-refractivity contribution in [2.45, 2.75) is 33.1 Å². The third kappa shape index (κ3) is 5.75. The summed E-state index contributed by atoms with van der Waals surface area (Å²) in [6.45, 7) is 5.50. The molecule has 0 aliphatic rings. The largest absolute Gasteiger partial charge is 0.397 e. The molecule has 0 aliphatic carbocycles. The second kappa shape index (κ2) is 7.79. The average Bonchev–Trinajstić information content (AvgIpc) is 2.33. The molecule has 3 N–H and O–H groups in total. The summed E-state index contributed by atoms with van der Waals surface area (Å²) < 4.78 is 0. The SMILES string of the molecule is CCCCCN(C)CC(=O)Nc1ccc(C)cc1N. The molecule has 0 saturated heterocycles. The number of hydrogen-bond acceptors (Lipinski definition) is 3. The first kappa shape index (κ1) is 15.5. The fourth-order valence-electron chi connectivity index (χ4n) is 1.94.